The monoisotopic (exact) mass is 224 g/mol. The smallest absolute Gasteiger partial charge is 0.379 e. The average molecular weight is 224 g/mol. The molecule has 1 aromatic heterocycles. The molecule has 1 rings (SSSR count). The van der Waals surface area contributed by atoms with Crippen molar-refractivity contribution in [2.24, 2.45) is 5.92 Å². The summed E-state index contributed by atoms with van der Waals surface area (Å²) in [7, 11) is 0. The Hall–Kier alpha value is -1.78. The van der Waals surface area contributed by atoms with Crippen molar-refractivity contribution in [1.82, 2.24) is 5.32 Å². The number of nitrogens with zero attached hydrogens (tertiary/aromatic N) is 1. The van der Waals surface area contributed by atoms with Crippen LogP contribution in [0.25, 0.3) is 0 Å². The molecule has 5 nitrogen and oxygen atoms in total. The van der Waals surface area contributed by atoms with E-state index in [0.717, 1.165) is 0 Å². The first-order valence-corrected chi connectivity index (χ1v) is 5.17. The molecule has 0 fully saturated rings. The summed E-state index contributed by atoms with van der Waals surface area (Å²) in [6.45, 7) is 4.47. The van der Waals surface area contributed by atoms with Gasteiger partial charge in [-0.2, -0.15) is 0 Å². The molecule has 0 aliphatic carbocycles. The van der Waals surface area contributed by atoms with Crippen LogP contribution in [0, 0.1) is 11.1 Å². The molecule has 0 spiro atoms. The van der Waals surface area contributed by atoms with Crippen molar-refractivity contribution in [3.63, 3.8) is 0 Å². The molecule has 0 saturated carbocycles. The van der Waals surface area contributed by atoms with Gasteiger partial charge in [-0.05, 0) is 12.0 Å². The quantitative estimate of drug-likeness (QED) is 0.584. The van der Waals surface area contributed by atoms with Crippen LogP contribution in [0.1, 0.15) is 13.8 Å². The Morgan fingerprint density at radius 3 is 2.94 bits per heavy atom. The normalized spacial score (nSPS) is 10.2. The van der Waals surface area contributed by atoms with Crippen LogP contribution in [0.15, 0.2) is 24.4 Å². The Bertz CT molecular complexity index is 353. The SMILES string of the molecule is CC(C)CNC(=O)COc1cccc[n+]1[O-]. The van der Waals surface area contributed by atoms with Crippen molar-refractivity contribution in [1.29, 1.82) is 0 Å². The summed E-state index contributed by atoms with van der Waals surface area (Å²) < 4.78 is 5.65. The van der Waals surface area contributed by atoms with Crippen LogP contribution >= 0.6 is 0 Å². The van der Waals surface area contributed by atoms with Crippen LogP contribution in [0.3, 0.4) is 0 Å². The Balaban J connectivity index is 2.35. The van der Waals surface area contributed by atoms with Gasteiger partial charge in [0.2, 0.25) is 0 Å². The minimum atomic E-state index is -0.224. The fraction of sp³-hybridized carbons (Fsp3) is 0.455. The van der Waals surface area contributed by atoms with E-state index in [1.54, 1.807) is 12.1 Å². The van der Waals surface area contributed by atoms with Gasteiger partial charge in [-0.15, -0.1) is 4.73 Å². The van der Waals surface area contributed by atoms with Gasteiger partial charge in [0.25, 0.3) is 5.91 Å². The molecule has 1 N–H and O–H groups in total. The molecule has 0 aliphatic heterocycles. The van der Waals surface area contributed by atoms with E-state index in [0.29, 0.717) is 17.2 Å². The average Bonchev–Trinajstić information content (AvgIpc) is 2.25. The molecule has 0 atom stereocenters. The molecular formula is C11H16N2O3. The molecule has 0 aliphatic rings. The molecule has 0 unspecified atom stereocenters. The van der Waals surface area contributed by atoms with E-state index in [1.165, 1.54) is 12.3 Å². The summed E-state index contributed by atoms with van der Waals surface area (Å²) in [5.41, 5.74) is 0. The fourth-order valence-corrected chi connectivity index (χ4v) is 1.03. The third kappa shape index (κ3) is 4.16. The van der Waals surface area contributed by atoms with Crippen LogP contribution in [0.2, 0.25) is 0 Å². The van der Waals surface area contributed by atoms with E-state index in [-0.39, 0.29) is 18.4 Å². The van der Waals surface area contributed by atoms with Crippen LogP contribution in [0.5, 0.6) is 5.88 Å². The molecule has 1 aromatic rings. The Morgan fingerprint density at radius 2 is 2.31 bits per heavy atom. The molecule has 1 amide bonds. The second-order valence-electron chi connectivity index (χ2n) is 3.85. The Kier molecular flexibility index (Phi) is 4.57. The third-order valence-electron chi connectivity index (χ3n) is 1.85. The molecule has 0 bridgehead atoms. The van der Waals surface area contributed by atoms with Crippen molar-refractivity contribution >= 4 is 5.91 Å². The number of carbonyl (C=O) groups is 1. The van der Waals surface area contributed by atoms with E-state index in [1.807, 2.05) is 13.8 Å². The second kappa shape index (κ2) is 5.95. The van der Waals surface area contributed by atoms with Gasteiger partial charge in [-0.1, -0.05) is 13.8 Å². The number of amides is 1. The second-order valence-corrected chi connectivity index (χ2v) is 3.85. The maximum Gasteiger partial charge on any atom is 0.379 e. The molecular weight excluding hydrogens is 208 g/mol. The molecule has 16 heavy (non-hydrogen) atoms. The summed E-state index contributed by atoms with van der Waals surface area (Å²) in [5.74, 6) is 0.296. The van der Waals surface area contributed by atoms with Crippen molar-refractivity contribution in [3.05, 3.63) is 29.6 Å². The van der Waals surface area contributed by atoms with Gasteiger partial charge >= 0.3 is 5.88 Å². The van der Waals surface area contributed by atoms with E-state index in [2.05, 4.69) is 5.32 Å². The van der Waals surface area contributed by atoms with E-state index >= 15 is 0 Å². The summed E-state index contributed by atoms with van der Waals surface area (Å²) >= 11 is 0. The number of aromatic nitrogens is 1. The molecule has 0 saturated heterocycles. The fourth-order valence-electron chi connectivity index (χ4n) is 1.03. The first-order valence-electron chi connectivity index (χ1n) is 5.17. The lowest BCUT2D eigenvalue weighted by atomic mass is 10.2. The van der Waals surface area contributed by atoms with Crippen LogP contribution in [0.4, 0.5) is 0 Å². The zero-order valence-electron chi connectivity index (χ0n) is 9.47. The lowest BCUT2D eigenvalue weighted by Gasteiger charge is -2.08. The first-order chi connectivity index (χ1) is 7.59. The first kappa shape index (κ1) is 12.3. The molecule has 0 aromatic carbocycles. The third-order valence-corrected chi connectivity index (χ3v) is 1.85. The van der Waals surface area contributed by atoms with Gasteiger partial charge < -0.3 is 15.3 Å². The maximum atomic E-state index is 11.3. The molecule has 88 valence electrons. The van der Waals surface area contributed by atoms with E-state index < -0.39 is 0 Å². The van der Waals surface area contributed by atoms with Gasteiger partial charge in [0.15, 0.2) is 12.8 Å². The molecule has 0 radical (unpaired) electrons. The highest BCUT2D eigenvalue weighted by Gasteiger charge is 2.08. The van der Waals surface area contributed by atoms with Crippen LogP contribution in [-0.4, -0.2) is 19.1 Å². The van der Waals surface area contributed by atoms with Gasteiger partial charge in [0, 0.05) is 12.6 Å². The lowest BCUT2D eigenvalue weighted by molar-refractivity contribution is -0.612. The topological polar surface area (TPSA) is 65.3 Å². The molecule has 5 heteroatoms. The zero-order chi connectivity index (χ0) is 12.0. The number of hydrogen-bond donors (Lipinski definition) is 1. The van der Waals surface area contributed by atoms with Crippen molar-refractivity contribution < 1.29 is 14.3 Å². The standard InChI is InChI=1S/C11H16N2O3/c1-9(2)7-12-10(14)8-16-11-5-3-4-6-13(11)15/h3-6,9H,7-8H2,1-2H3,(H,12,14). The van der Waals surface area contributed by atoms with Gasteiger partial charge in [0.1, 0.15) is 0 Å². The zero-order valence-corrected chi connectivity index (χ0v) is 9.47. The van der Waals surface area contributed by atoms with Gasteiger partial charge in [-0.3, -0.25) is 4.79 Å². The number of hydrogen-bond acceptors (Lipinski definition) is 3. The van der Waals surface area contributed by atoms with Crippen LogP contribution < -0.4 is 14.8 Å². The number of ether oxygens (including phenoxy) is 1. The Labute approximate surface area is 94.6 Å². The predicted molar refractivity (Wildman–Crippen MR) is 58.7 cm³/mol. The number of rotatable bonds is 5. The van der Waals surface area contributed by atoms with Crippen LogP contribution in [-0.2, 0) is 4.79 Å². The highest BCUT2D eigenvalue weighted by molar-refractivity contribution is 5.77. The maximum absolute atomic E-state index is 11.3. The largest absolute Gasteiger partial charge is 0.616 e. The summed E-state index contributed by atoms with van der Waals surface area (Å²) in [5, 5.41) is 13.9. The minimum absolute atomic E-state index is 0.127. The summed E-state index contributed by atoms with van der Waals surface area (Å²) in [4.78, 5) is 11.3. The highest BCUT2D eigenvalue weighted by atomic mass is 16.6. The van der Waals surface area contributed by atoms with Gasteiger partial charge in [0.05, 0.1) is 6.07 Å². The van der Waals surface area contributed by atoms with Crippen molar-refractivity contribution in [3.8, 4) is 5.88 Å². The van der Waals surface area contributed by atoms with Gasteiger partial charge in [-0.25, -0.2) is 0 Å². The Morgan fingerprint density at radius 1 is 1.56 bits per heavy atom. The summed E-state index contributed by atoms with van der Waals surface area (Å²) in [6.07, 6.45) is 1.32. The van der Waals surface area contributed by atoms with E-state index in [9.17, 15) is 10.0 Å². The van der Waals surface area contributed by atoms with Crippen molar-refractivity contribution in [2.75, 3.05) is 13.2 Å². The molecule has 1 heterocycles. The number of pyridine rings is 1. The van der Waals surface area contributed by atoms with Crippen molar-refractivity contribution in [2.45, 2.75) is 13.8 Å². The minimum Gasteiger partial charge on any atom is -0.616 e. The highest BCUT2D eigenvalue weighted by Crippen LogP contribution is 2.00. The number of carbonyl (C=O) groups excluding carboxylic acids is 1. The van der Waals surface area contributed by atoms with E-state index in [4.69, 9.17) is 4.74 Å². The lowest BCUT2D eigenvalue weighted by Crippen LogP contribution is -2.35. The number of nitrogens with one attached hydrogen (secondary N) is 1. The predicted octanol–water partition coefficient (Wildman–Crippen LogP) is 0.471. The summed E-state index contributed by atoms with van der Waals surface area (Å²) in [6, 6.07) is 4.79.